The fraction of sp³-hybridized carbons (Fsp3) is 0.200. The van der Waals surface area contributed by atoms with Crippen molar-refractivity contribution in [2.45, 2.75) is 20.8 Å². The number of aromatic nitrogens is 1. The first-order valence-corrected chi connectivity index (χ1v) is 6.23. The van der Waals surface area contributed by atoms with E-state index in [2.05, 4.69) is 0 Å². The molecule has 2 aromatic rings. The van der Waals surface area contributed by atoms with E-state index in [0.717, 1.165) is 16.7 Å². The van der Waals surface area contributed by atoms with Crippen LogP contribution in [0.2, 0.25) is 5.02 Å². The second-order valence-corrected chi connectivity index (χ2v) is 4.89. The molecule has 0 aliphatic heterocycles. The highest BCUT2D eigenvalue weighted by Gasteiger charge is 2.13. The first-order valence-electron chi connectivity index (χ1n) is 5.85. The third-order valence-corrected chi connectivity index (χ3v) is 3.74. The molecule has 96 valence electrons. The average molecular weight is 273 g/mol. The SMILES string of the molecule is Cc1cn(-c2cccc(Cl)c2C)c(=O)c(C#N)c1C. The van der Waals surface area contributed by atoms with Crippen LogP contribution in [0.5, 0.6) is 0 Å². The fourth-order valence-electron chi connectivity index (χ4n) is 1.99. The van der Waals surface area contributed by atoms with Crippen LogP contribution in [0.15, 0.2) is 29.2 Å². The predicted octanol–water partition coefficient (Wildman–Crippen LogP) is 3.29. The van der Waals surface area contributed by atoms with Crippen LogP contribution in [-0.4, -0.2) is 4.57 Å². The number of nitrogens with zero attached hydrogens (tertiary/aromatic N) is 2. The van der Waals surface area contributed by atoms with Crippen molar-refractivity contribution in [3.05, 3.63) is 62.0 Å². The van der Waals surface area contributed by atoms with E-state index in [0.29, 0.717) is 10.7 Å². The summed E-state index contributed by atoms with van der Waals surface area (Å²) in [5.41, 5.74) is 3.02. The molecule has 0 radical (unpaired) electrons. The van der Waals surface area contributed by atoms with Crippen molar-refractivity contribution < 1.29 is 0 Å². The Balaban J connectivity index is 2.85. The van der Waals surface area contributed by atoms with Crippen molar-refractivity contribution in [2.24, 2.45) is 0 Å². The first-order chi connectivity index (χ1) is 8.97. The minimum Gasteiger partial charge on any atom is -0.283 e. The standard InChI is InChI=1S/C15H13ClN2O/c1-9-8-18(15(19)12(7-17)10(9)2)14-6-4-5-13(16)11(14)3/h4-6,8H,1-3H3. The molecule has 3 nitrogen and oxygen atoms in total. The second kappa shape index (κ2) is 4.91. The van der Waals surface area contributed by atoms with Gasteiger partial charge in [0.15, 0.2) is 0 Å². The lowest BCUT2D eigenvalue weighted by molar-refractivity contribution is 0.947. The predicted molar refractivity (Wildman–Crippen MR) is 76.0 cm³/mol. The van der Waals surface area contributed by atoms with Crippen LogP contribution >= 0.6 is 11.6 Å². The summed E-state index contributed by atoms with van der Waals surface area (Å²) < 4.78 is 1.49. The first kappa shape index (κ1) is 13.4. The molecule has 1 aromatic carbocycles. The molecule has 0 atom stereocenters. The Hall–Kier alpha value is -2.05. The number of aryl methyl sites for hydroxylation is 1. The van der Waals surface area contributed by atoms with Crippen LogP contribution in [0.1, 0.15) is 22.3 Å². The van der Waals surface area contributed by atoms with Gasteiger partial charge in [0.05, 0.1) is 5.69 Å². The number of hydrogen-bond acceptors (Lipinski definition) is 2. The number of hydrogen-bond donors (Lipinski definition) is 0. The van der Waals surface area contributed by atoms with Crippen LogP contribution in [0.3, 0.4) is 0 Å². The number of benzene rings is 1. The molecule has 0 saturated carbocycles. The normalized spacial score (nSPS) is 10.3. The monoisotopic (exact) mass is 272 g/mol. The second-order valence-electron chi connectivity index (χ2n) is 4.48. The molecule has 1 aromatic heterocycles. The summed E-state index contributed by atoms with van der Waals surface area (Å²) in [7, 11) is 0. The molecule has 0 amide bonds. The molecule has 4 heteroatoms. The van der Waals surface area contributed by atoms with Crippen LogP contribution in [0.25, 0.3) is 5.69 Å². The van der Waals surface area contributed by atoms with Crippen LogP contribution in [0.4, 0.5) is 0 Å². The van der Waals surface area contributed by atoms with Crippen LogP contribution in [0, 0.1) is 32.1 Å². The molecule has 2 rings (SSSR count). The summed E-state index contributed by atoms with van der Waals surface area (Å²) in [6, 6.07) is 7.37. The van der Waals surface area contributed by atoms with Gasteiger partial charge in [0.25, 0.3) is 5.56 Å². The van der Waals surface area contributed by atoms with E-state index < -0.39 is 0 Å². The van der Waals surface area contributed by atoms with Crippen LogP contribution < -0.4 is 5.56 Å². The van der Waals surface area contributed by atoms with Crippen molar-refractivity contribution in [1.29, 1.82) is 5.26 Å². The van der Waals surface area contributed by atoms with Gasteiger partial charge < -0.3 is 0 Å². The van der Waals surface area contributed by atoms with Gasteiger partial charge in [-0.2, -0.15) is 5.26 Å². The molecule has 0 aliphatic carbocycles. The third-order valence-electron chi connectivity index (χ3n) is 3.33. The average Bonchev–Trinajstić information content (AvgIpc) is 2.38. The van der Waals surface area contributed by atoms with E-state index in [1.54, 1.807) is 25.3 Å². The van der Waals surface area contributed by atoms with Crippen molar-refractivity contribution >= 4 is 11.6 Å². The van der Waals surface area contributed by atoms with Gasteiger partial charge in [-0.1, -0.05) is 17.7 Å². The maximum absolute atomic E-state index is 12.3. The highest BCUT2D eigenvalue weighted by Crippen LogP contribution is 2.22. The number of nitriles is 1. The highest BCUT2D eigenvalue weighted by atomic mass is 35.5. The summed E-state index contributed by atoms with van der Waals surface area (Å²) in [5.74, 6) is 0. The Morgan fingerprint density at radius 2 is 1.89 bits per heavy atom. The van der Waals surface area contributed by atoms with Gasteiger partial charge in [0, 0.05) is 11.2 Å². The number of pyridine rings is 1. The quantitative estimate of drug-likeness (QED) is 0.800. The zero-order valence-corrected chi connectivity index (χ0v) is 11.7. The topological polar surface area (TPSA) is 45.8 Å². The van der Waals surface area contributed by atoms with E-state index in [1.807, 2.05) is 26.0 Å². The maximum atomic E-state index is 12.3. The summed E-state index contributed by atoms with van der Waals surface area (Å²) in [5, 5.41) is 9.73. The Morgan fingerprint density at radius 3 is 2.53 bits per heavy atom. The Labute approximate surface area is 116 Å². The van der Waals surface area contributed by atoms with Gasteiger partial charge in [-0.05, 0) is 49.6 Å². The minimum absolute atomic E-state index is 0.180. The molecule has 0 unspecified atom stereocenters. The molecule has 0 aliphatic rings. The third kappa shape index (κ3) is 2.16. The summed E-state index contributed by atoms with van der Waals surface area (Å²) in [6.45, 7) is 5.52. The molecular formula is C15H13ClN2O. The van der Waals surface area contributed by atoms with Crippen molar-refractivity contribution in [1.82, 2.24) is 4.57 Å². The fourth-order valence-corrected chi connectivity index (χ4v) is 2.16. The summed E-state index contributed by atoms with van der Waals surface area (Å²) in [6.07, 6.45) is 1.75. The molecule has 0 saturated heterocycles. The molecule has 0 spiro atoms. The number of halogens is 1. The molecule has 0 fully saturated rings. The van der Waals surface area contributed by atoms with Crippen molar-refractivity contribution in [3.63, 3.8) is 0 Å². The van der Waals surface area contributed by atoms with E-state index in [-0.39, 0.29) is 11.1 Å². The minimum atomic E-state index is -0.309. The smallest absolute Gasteiger partial charge is 0.273 e. The molecule has 19 heavy (non-hydrogen) atoms. The molecular weight excluding hydrogens is 260 g/mol. The van der Waals surface area contributed by atoms with Gasteiger partial charge in [-0.15, -0.1) is 0 Å². The Bertz CT molecular complexity index is 754. The van der Waals surface area contributed by atoms with E-state index in [9.17, 15) is 4.79 Å². The molecule has 0 N–H and O–H groups in total. The zero-order chi connectivity index (χ0) is 14.2. The van der Waals surface area contributed by atoms with Gasteiger partial charge in [0.2, 0.25) is 0 Å². The van der Waals surface area contributed by atoms with Gasteiger partial charge in [0.1, 0.15) is 11.6 Å². The lowest BCUT2D eigenvalue weighted by Crippen LogP contribution is -2.23. The Kier molecular flexibility index (Phi) is 3.46. The van der Waals surface area contributed by atoms with Gasteiger partial charge in [-0.25, -0.2) is 0 Å². The lowest BCUT2D eigenvalue weighted by Gasteiger charge is -2.13. The largest absolute Gasteiger partial charge is 0.283 e. The molecule has 1 heterocycles. The zero-order valence-electron chi connectivity index (χ0n) is 11.0. The van der Waals surface area contributed by atoms with Gasteiger partial charge in [-0.3, -0.25) is 9.36 Å². The van der Waals surface area contributed by atoms with Crippen molar-refractivity contribution in [3.8, 4) is 11.8 Å². The lowest BCUT2D eigenvalue weighted by atomic mass is 10.1. The molecule has 0 bridgehead atoms. The van der Waals surface area contributed by atoms with Crippen molar-refractivity contribution in [2.75, 3.05) is 0 Å². The van der Waals surface area contributed by atoms with E-state index in [1.165, 1.54) is 4.57 Å². The van der Waals surface area contributed by atoms with Gasteiger partial charge >= 0.3 is 0 Å². The van der Waals surface area contributed by atoms with E-state index in [4.69, 9.17) is 16.9 Å². The van der Waals surface area contributed by atoms with E-state index >= 15 is 0 Å². The summed E-state index contributed by atoms with van der Waals surface area (Å²) >= 11 is 6.08. The Morgan fingerprint density at radius 1 is 1.21 bits per heavy atom. The maximum Gasteiger partial charge on any atom is 0.273 e. The highest BCUT2D eigenvalue weighted by molar-refractivity contribution is 6.31. The number of rotatable bonds is 1. The summed E-state index contributed by atoms with van der Waals surface area (Å²) in [4.78, 5) is 12.3. The van der Waals surface area contributed by atoms with Crippen LogP contribution in [-0.2, 0) is 0 Å².